The Morgan fingerprint density at radius 3 is 2.70 bits per heavy atom. The van der Waals surface area contributed by atoms with Gasteiger partial charge in [0.1, 0.15) is 5.75 Å². The largest absolute Gasteiger partial charge is 0.507 e. The number of phenols is 1. The Bertz CT molecular complexity index is 1040. The van der Waals surface area contributed by atoms with Crippen LogP contribution in [0.25, 0.3) is 21.7 Å². The van der Waals surface area contributed by atoms with Gasteiger partial charge in [0.25, 0.3) is 0 Å². The van der Waals surface area contributed by atoms with Gasteiger partial charge in [-0.1, -0.05) is 6.07 Å². The van der Waals surface area contributed by atoms with Gasteiger partial charge in [0.2, 0.25) is 0 Å². The summed E-state index contributed by atoms with van der Waals surface area (Å²) in [7, 11) is 0. The second-order valence-electron chi connectivity index (χ2n) is 8.74. The zero-order valence-corrected chi connectivity index (χ0v) is 18.2. The number of phenolic OH excluding ortho intramolecular Hbond substituents is 1. The van der Waals surface area contributed by atoms with Gasteiger partial charge in [0, 0.05) is 36.4 Å². The van der Waals surface area contributed by atoms with E-state index in [0.29, 0.717) is 22.8 Å². The smallest absolute Gasteiger partial charge is 0.151 e. The molecule has 7 heteroatoms. The fraction of sp³-hybridized carbons (Fsp3) is 0.435. The maximum absolute atomic E-state index is 10.6. The number of aromatic hydroxyl groups is 1. The number of nitrogens with one attached hydrogen (secondary N) is 1. The van der Waals surface area contributed by atoms with E-state index in [1.54, 1.807) is 17.4 Å². The molecular weight excluding hydrogens is 394 g/mol. The van der Waals surface area contributed by atoms with Gasteiger partial charge >= 0.3 is 0 Å². The fourth-order valence-corrected chi connectivity index (χ4v) is 5.24. The molecule has 2 aromatic heterocycles. The highest BCUT2D eigenvalue weighted by Gasteiger charge is 2.35. The number of nitrogens with zero attached hydrogens (tertiary/aromatic N) is 4. The lowest BCUT2D eigenvalue weighted by Gasteiger charge is -2.41. The summed E-state index contributed by atoms with van der Waals surface area (Å²) < 4.78 is 0. The van der Waals surface area contributed by atoms with Crippen molar-refractivity contribution in [3.8, 4) is 27.4 Å². The zero-order valence-electron chi connectivity index (χ0n) is 17.4. The number of hydrogen-bond donors (Lipinski definition) is 2. The van der Waals surface area contributed by atoms with E-state index in [2.05, 4.69) is 32.3 Å². The van der Waals surface area contributed by atoms with Crippen LogP contribution in [0.2, 0.25) is 0 Å². The second-order valence-corrected chi connectivity index (χ2v) is 9.98. The highest BCUT2D eigenvalue weighted by molar-refractivity contribution is 7.15. The summed E-state index contributed by atoms with van der Waals surface area (Å²) >= 11 is 1.61. The van der Waals surface area contributed by atoms with E-state index in [4.69, 9.17) is 0 Å². The van der Waals surface area contributed by atoms with Crippen molar-refractivity contribution in [2.45, 2.75) is 51.1 Å². The molecule has 2 fully saturated rings. The van der Waals surface area contributed by atoms with E-state index < -0.39 is 0 Å². The summed E-state index contributed by atoms with van der Waals surface area (Å²) in [6.45, 7) is 6.28. The number of hydrogen-bond acceptors (Lipinski definition) is 7. The first-order chi connectivity index (χ1) is 14.5. The number of rotatable bonds is 5. The van der Waals surface area contributed by atoms with Crippen LogP contribution in [0.15, 0.2) is 36.5 Å². The predicted octanol–water partition coefficient (Wildman–Crippen LogP) is 4.39. The van der Waals surface area contributed by atoms with Crippen LogP contribution in [0.5, 0.6) is 5.75 Å². The highest BCUT2D eigenvalue weighted by atomic mass is 32.1. The van der Waals surface area contributed by atoms with E-state index in [-0.39, 0.29) is 5.75 Å². The van der Waals surface area contributed by atoms with Crippen LogP contribution in [0.4, 0.5) is 5.82 Å². The van der Waals surface area contributed by atoms with Crippen LogP contribution in [-0.2, 0) is 0 Å². The quantitative estimate of drug-likeness (QED) is 0.636. The van der Waals surface area contributed by atoms with Crippen LogP contribution in [0.1, 0.15) is 37.6 Å². The van der Waals surface area contributed by atoms with Crippen LogP contribution in [-0.4, -0.2) is 45.0 Å². The van der Waals surface area contributed by atoms with Gasteiger partial charge < -0.3 is 15.3 Å². The first kappa shape index (κ1) is 19.5. The van der Waals surface area contributed by atoms with Crippen LogP contribution >= 0.6 is 11.3 Å². The third-order valence-corrected chi connectivity index (χ3v) is 7.31. The molecule has 1 saturated carbocycles. The van der Waals surface area contributed by atoms with Crippen molar-refractivity contribution in [2.24, 2.45) is 0 Å². The van der Waals surface area contributed by atoms with Crippen LogP contribution in [0, 0.1) is 6.92 Å². The molecule has 0 unspecified atom stereocenters. The van der Waals surface area contributed by atoms with Crippen molar-refractivity contribution in [1.82, 2.24) is 20.5 Å². The molecule has 1 aliphatic heterocycles. The standard InChI is InChI=1S/C23H27N5OS/c1-15-24-13-21(30-15)16-4-5-18(20(29)12-16)19-6-7-22(27-26-19)28-11-8-17(14-28)25-23(2)9-3-10-23/h4-7,12-13,17,25,29H,3,8-11,14H2,1-2H3/t17-/m0/s1. The number of aryl methyl sites for hydroxylation is 1. The summed E-state index contributed by atoms with van der Waals surface area (Å²) in [5.41, 5.74) is 2.66. The van der Waals surface area contributed by atoms with Gasteiger partial charge in [0.05, 0.1) is 15.6 Å². The Morgan fingerprint density at radius 2 is 2.07 bits per heavy atom. The summed E-state index contributed by atoms with van der Waals surface area (Å²) in [5.74, 6) is 1.11. The van der Waals surface area contributed by atoms with Gasteiger partial charge in [-0.25, -0.2) is 4.98 Å². The van der Waals surface area contributed by atoms with Crippen LogP contribution < -0.4 is 10.2 Å². The maximum Gasteiger partial charge on any atom is 0.151 e. The molecule has 1 saturated heterocycles. The zero-order chi connectivity index (χ0) is 20.7. The van der Waals surface area contributed by atoms with E-state index in [9.17, 15) is 5.11 Å². The normalized spacial score (nSPS) is 20.3. The van der Waals surface area contributed by atoms with Crippen molar-refractivity contribution in [2.75, 3.05) is 18.0 Å². The molecule has 30 heavy (non-hydrogen) atoms. The molecule has 3 aromatic rings. The van der Waals surface area contributed by atoms with Crippen molar-refractivity contribution in [3.05, 3.63) is 41.5 Å². The Balaban J connectivity index is 1.28. The first-order valence-corrected chi connectivity index (χ1v) is 11.4. The van der Waals surface area contributed by atoms with Gasteiger partial charge in [-0.05, 0) is 69.4 Å². The van der Waals surface area contributed by atoms with Crippen molar-refractivity contribution < 1.29 is 5.11 Å². The average Bonchev–Trinajstić information content (AvgIpc) is 3.36. The molecule has 3 heterocycles. The molecule has 0 bridgehead atoms. The molecule has 2 N–H and O–H groups in total. The van der Waals surface area contributed by atoms with Gasteiger partial charge in [-0.2, -0.15) is 0 Å². The fourth-order valence-electron chi connectivity index (χ4n) is 4.46. The summed E-state index contributed by atoms with van der Waals surface area (Å²) in [4.78, 5) is 7.63. The molecule has 1 aromatic carbocycles. The SMILES string of the molecule is Cc1ncc(-c2ccc(-c3ccc(N4CC[C@H](NC5(C)CCC5)C4)nn3)c(O)c2)s1. The van der Waals surface area contributed by atoms with Gasteiger partial charge in [-0.15, -0.1) is 21.5 Å². The Morgan fingerprint density at radius 1 is 1.20 bits per heavy atom. The minimum absolute atomic E-state index is 0.208. The van der Waals surface area contributed by atoms with Crippen molar-refractivity contribution >= 4 is 17.2 Å². The Labute approximate surface area is 181 Å². The third kappa shape index (κ3) is 3.79. The molecule has 5 rings (SSSR count). The number of benzene rings is 1. The molecule has 2 aliphatic rings. The van der Waals surface area contributed by atoms with E-state index in [1.807, 2.05) is 37.4 Å². The molecule has 1 aliphatic carbocycles. The Hall–Kier alpha value is -2.51. The highest BCUT2D eigenvalue weighted by Crippen LogP contribution is 2.35. The van der Waals surface area contributed by atoms with Crippen molar-refractivity contribution in [1.29, 1.82) is 0 Å². The molecule has 0 radical (unpaired) electrons. The summed E-state index contributed by atoms with van der Waals surface area (Å²) in [6, 6.07) is 10.1. The summed E-state index contributed by atoms with van der Waals surface area (Å²) in [5, 5.41) is 24.3. The van der Waals surface area contributed by atoms with E-state index in [0.717, 1.165) is 40.8 Å². The summed E-state index contributed by atoms with van der Waals surface area (Å²) in [6.07, 6.45) is 6.88. The number of thiazole rings is 1. The maximum atomic E-state index is 10.6. The topological polar surface area (TPSA) is 74.2 Å². The minimum Gasteiger partial charge on any atom is -0.507 e. The molecule has 0 spiro atoms. The minimum atomic E-state index is 0.208. The molecule has 6 nitrogen and oxygen atoms in total. The van der Waals surface area contributed by atoms with Crippen molar-refractivity contribution in [3.63, 3.8) is 0 Å². The monoisotopic (exact) mass is 421 g/mol. The third-order valence-electron chi connectivity index (χ3n) is 6.35. The lowest BCUT2D eigenvalue weighted by molar-refractivity contribution is 0.189. The Kier molecular flexibility index (Phi) is 4.95. The molecular formula is C23H27N5OS. The molecule has 156 valence electrons. The first-order valence-electron chi connectivity index (χ1n) is 10.6. The predicted molar refractivity (Wildman–Crippen MR) is 121 cm³/mol. The lowest BCUT2D eigenvalue weighted by atomic mass is 9.78. The molecule has 1 atom stereocenters. The van der Waals surface area contributed by atoms with E-state index >= 15 is 0 Å². The van der Waals surface area contributed by atoms with Crippen LogP contribution in [0.3, 0.4) is 0 Å². The second kappa shape index (κ2) is 7.63. The van der Waals surface area contributed by atoms with Gasteiger partial charge in [0.15, 0.2) is 5.82 Å². The van der Waals surface area contributed by atoms with E-state index in [1.165, 1.54) is 19.3 Å². The number of aromatic nitrogens is 3. The number of anilines is 1. The lowest BCUT2D eigenvalue weighted by Crippen LogP contribution is -2.53. The average molecular weight is 422 g/mol. The molecule has 0 amide bonds. The van der Waals surface area contributed by atoms with Gasteiger partial charge in [-0.3, -0.25) is 0 Å².